The van der Waals surface area contributed by atoms with Gasteiger partial charge in [0.05, 0.1) is 28.8 Å². The van der Waals surface area contributed by atoms with Gasteiger partial charge in [-0.2, -0.15) is 0 Å². The van der Waals surface area contributed by atoms with E-state index in [4.69, 9.17) is 0 Å². The van der Waals surface area contributed by atoms with Crippen molar-refractivity contribution in [2.75, 3.05) is 7.11 Å². The SMILES string of the molecule is COC(=O)[C@@H](C)[C@@H](C)NS(=O)C(C)(C)C. The molecule has 5 heteroatoms. The van der Waals surface area contributed by atoms with Crippen molar-refractivity contribution in [1.29, 1.82) is 0 Å². The van der Waals surface area contributed by atoms with Crippen LogP contribution in [-0.4, -0.2) is 28.1 Å². The van der Waals surface area contributed by atoms with Crippen LogP contribution in [-0.2, 0) is 20.5 Å². The maximum Gasteiger partial charge on any atom is 0.309 e. The van der Waals surface area contributed by atoms with E-state index in [1.165, 1.54) is 7.11 Å². The molecule has 0 aliphatic carbocycles. The lowest BCUT2D eigenvalue weighted by molar-refractivity contribution is -0.145. The molecular formula is C10H21NO3S. The number of ether oxygens (including phenoxy) is 1. The molecule has 15 heavy (non-hydrogen) atoms. The molecule has 0 aromatic carbocycles. The molecule has 90 valence electrons. The normalized spacial score (nSPS) is 18.0. The first-order valence-corrected chi connectivity index (χ1v) is 6.11. The van der Waals surface area contributed by atoms with Gasteiger partial charge >= 0.3 is 5.97 Å². The molecule has 0 amide bonds. The molecule has 0 aromatic rings. The Balaban J connectivity index is 4.31. The summed E-state index contributed by atoms with van der Waals surface area (Å²) in [6.07, 6.45) is 0. The van der Waals surface area contributed by atoms with Crippen LogP contribution in [0.4, 0.5) is 0 Å². The third kappa shape index (κ3) is 4.75. The second kappa shape index (κ2) is 5.61. The monoisotopic (exact) mass is 235 g/mol. The van der Waals surface area contributed by atoms with E-state index in [1.54, 1.807) is 6.92 Å². The van der Waals surface area contributed by atoms with Crippen LogP contribution in [0.15, 0.2) is 0 Å². The Morgan fingerprint density at radius 2 is 1.80 bits per heavy atom. The van der Waals surface area contributed by atoms with Crippen LogP contribution < -0.4 is 4.72 Å². The lowest BCUT2D eigenvalue weighted by Gasteiger charge is -2.24. The molecule has 0 bridgehead atoms. The minimum Gasteiger partial charge on any atom is -0.469 e. The molecule has 0 saturated carbocycles. The van der Waals surface area contributed by atoms with Crippen molar-refractivity contribution < 1.29 is 13.7 Å². The van der Waals surface area contributed by atoms with Crippen LogP contribution >= 0.6 is 0 Å². The van der Waals surface area contributed by atoms with Crippen LogP contribution in [0.1, 0.15) is 34.6 Å². The molecule has 0 radical (unpaired) electrons. The number of hydrogen-bond acceptors (Lipinski definition) is 3. The molecule has 1 unspecified atom stereocenters. The maximum absolute atomic E-state index is 11.7. The van der Waals surface area contributed by atoms with Gasteiger partial charge in [-0.3, -0.25) is 4.79 Å². The molecule has 0 heterocycles. The van der Waals surface area contributed by atoms with Crippen molar-refractivity contribution >= 4 is 17.0 Å². The number of esters is 1. The summed E-state index contributed by atoms with van der Waals surface area (Å²) in [6, 6.07) is -0.169. The zero-order chi connectivity index (χ0) is 12.2. The van der Waals surface area contributed by atoms with E-state index < -0.39 is 11.0 Å². The number of carbonyl (C=O) groups excluding carboxylic acids is 1. The molecule has 4 nitrogen and oxygen atoms in total. The fourth-order valence-corrected chi connectivity index (χ4v) is 1.73. The van der Waals surface area contributed by atoms with Crippen molar-refractivity contribution in [2.24, 2.45) is 5.92 Å². The third-order valence-electron chi connectivity index (χ3n) is 2.17. The van der Waals surface area contributed by atoms with Gasteiger partial charge in [-0.1, -0.05) is 6.92 Å². The summed E-state index contributed by atoms with van der Waals surface area (Å²) in [4.78, 5) is 11.2. The lowest BCUT2D eigenvalue weighted by atomic mass is 10.1. The highest BCUT2D eigenvalue weighted by molar-refractivity contribution is 7.84. The largest absolute Gasteiger partial charge is 0.469 e. The number of rotatable bonds is 4. The Labute approximate surface area is 94.4 Å². The first-order valence-electron chi connectivity index (χ1n) is 4.96. The van der Waals surface area contributed by atoms with Crippen molar-refractivity contribution in [1.82, 2.24) is 4.72 Å². The van der Waals surface area contributed by atoms with Gasteiger partial charge in [-0.25, -0.2) is 8.93 Å². The molecule has 0 rings (SSSR count). The molecule has 1 N–H and O–H groups in total. The third-order valence-corrected chi connectivity index (χ3v) is 3.87. The Hall–Kier alpha value is -0.420. The summed E-state index contributed by atoms with van der Waals surface area (Å²) in [5, 5.41) is 0. The van der Waals surface area contributed by atoms with Gasteiger partial charge in [0.25, 0.3) is 0 Å². The second-order valence-corrected chi connectivity index (χ2v) is 6.60. The number of methoxy groups -OCH3 is 1. The smallest absolute Gasteiger partial charge is 0.309 e. The summed E-state index contributed by atoms with van der Waals surface area (Å²) in [6.45, 7) is 9.22. The summed E-state index contributed by atoms with van der Waals surface area (Å²) in [5.41, 5.74) is 0. The Morgan fingerprint density at radius 1 is 1.33 bits per heavy atom. The van der Waals surface area contributed by atoms with Gasteiger partial charge in [0.1, 0.15) is 0 Å². The van der Waals surface area contributed by atoms with Gasteiger partial charge < -0.3 is 4.74 Å². The fraction of sp³-hybridized carbons (Fsp3) is 0.900. The summed E-state index contributed by atoms with van der Waals surface area (Å²) in [5.74, 6) is -0.595. The van der Waals surface area contributed by atoms with Crippen LogP contribution in [0.5, 0.6) is 0 Å². The van der Waals surface area contributed by atoms with Crippen molar-refractivity contribution in [2.45, 2.75) is 45.4 Å². The highest BCUT2D eigenvalue weighted by atomic mass is 32.2. The average molecular weight is 235 g/mol. The maximum atomic E-state index is 11.7. The average Bonchev–Trinajstić information content (AvgIpc) is 2.13. The predicted molar refractivity (Wildman–Crippen MR) is 61.7 cm³/mol. The Bertz CT molecular complexity index is 248. The van der Waals surface area contributed by atoms with Crippen molar-refractivity contribution in [3.8, 4) is 0 Å². The van der Waals surface area contributed by atoms with E-state index in [2.05, 4.69) is 9.46 Å². The van der Waals surface area contributed by atoms with Crippen LogP contribution in [0.2, 0.25) is 0 Å². The predicted octanol–water partition coefficient (Wildman–Crippen LogP) is 1.24. The Morgan fingerprint density at radius 3 is 2.13 bits per heavy atom. The van der Waals surface area contributed by atoms with Crippen molar-refractivity contribution in [3.63, 3.8) is 0 Å². The summed E-state index contributed by atoms with van der Waals surface area (Å²) >= 11 is 0. The molecule has 0 aromatic heterocycles. The minimum atomic E-state index is -1.16. The highest BCUT2D eigenvalue weighted by Gasteiger charge is 2.26. The van der Waals surface area contributed by atoms with Gasteiger partial charge in [0, 0.05) is 6.04 Å². The highest BCUT2D eigenvalue weighted by Crippen LogP contribution is 2.12. The second-order valence-electron chi connectivity index (χ2n) is 4.60. The van der Waals surface area contributed by atoms with Gasteiger partial charge in [-0.05, 0) is 27.7 Å². The molecular weight excluding hydrogens is 214 g/mol. The van der Waals surface area contributed by atoms with E-state index >= 15 is 0 Å². The van der Waals surface area contributed by atoms with E-state index in [0.29, 0.717) is 0 Å². The first-order chi connectivity index (χ1) is 6.70. The van der Waals surface area contributed by atoms with E-state index in [9.17, 15) is 9.00 Å². The van der Waals surface area contributed by atoms with E-state index in [0.717, 1.165) is 0 Å². The molecule has 0 saturated heterocycles. The number of hydrogen-bond donors (Lipinski definition) is 1. The molecule has 0 aliphatic rings. The van der Waals surface area contributed by atoms with Gasteiger partial charge in [0.15, 0.2) is 0 Å². The topological polar surface area (TPSA) is 55.4 Å². The molecule has 0 fully saturated rings. The lowest BCUT2D eigenvalue weighted by Crippen LogP contribution is -2.43. The minimum absolute atomic E-state index is 0.169. The molecule has 0 aliphatic heterocycles. The van der Waals surface area contributed by atoms with E-state index in [1.807, 2.05) is 27.7 Å². The van der Waals surface area contributed by atoms with Gasteiger partial charge in [-0.15, -0.1) is 0 Å². The summed E-state index contributed by atoms with van der Waals surface area (Å²) in [7, 11) is 0.189. The van der Waals surface area contributed by atoms with Gasteiger partial charge in [0.2, 0.25) is 0 Å². The van der Waals surface area contributed by atoms with Crippen LogP contribution in [0.3, 0.4) is 0 Å². The van der Waals surface area contributed by atoms with Crippen molar-refractivity contribution in [3.05, 3.63) is 0 Å². The fourth-order valence-electron chi connectivity index (χ4n) is 0.838. The standard InChI is InChI=1S/C10H21NO3S/c1-7(9(12)14-6)8(2)11-15(13)10(3,4)5/h7-8,11H,1-6H3/t7-,8+,15?/m0/s1. The quantitative estimate of drug-likeness (QED) is 0.746. The number of carbonyl (C=O) groups is 1. The molecule has 0 spiro atoms. The van der Waals surface area contributed by atoms with Crippen LogP contribution in [0, 0.1) is 5.92 Å². The Kier molecular flexibility index (Phi) is 5.45. The zero-order valence-corrected chi connectivity index (χ0v) is 11.1. The first kappa shape index (κ1) is 14.6. The number of nitrogens with one attached hydrogen (secondary N) is 1. The summed E-state index contributed by atoms with van der Waals surface area (Å²) < 4.78 is 18.9. The van der Waals surface area contributed by atoms with E-state index in [-0.39, 0.29) is 22.7 Å². The van der Waals surface area contributed by atoms with Crippen LogP contribution in [0.25, 0.3) is 0 Å². The molecule has 3 atom stereocenters. The zero-order valence-electron chi connectivity index (χ0n) is 10.3.